The molecule has 2 aromatic rings. The van der Waals surface area contributed by atoms with Crippen molar-refractivity contribution in [3.05, 3.63) is 29.1 Å². The second-order valence-corrected chi connectivity index (χ2v) is 4.07. The van der Waals surface area contributed by atoms with Crippen molar-refractivity contribution in [2.45, 2.75) is 20.4 Å². The van der Waals surface area contributed by atoms with Gasteiger partial charge in [-0.2, -0.15) is 0 Å². The average Bonchev–Trinajstić information content (AvgIpc) is 2.56. The predicted molar refractivity (Wildman–Crippen MR) is 63.8 cm³/mol. The lowest BCUT2D eigenvalue weighted by atomic mass is 10.1. The molecule has 0 saturated carbocycles. The van der Waals surface area contributed by atoms with Crippen LogP contribution in [0, 0.1) is 13.8 Å². The van der Waals surface area contributed by atoms with Gasteiger partial charge in [-0.1, -0.05) is 6.07 Å². The van der Waals surface area contributed by atoms with Crippen LogP contribution in [0.1, 0.15) is 21.7 Å². The van der Waals surface area contributed by atoms with Gasteiger partial charge < -0.3 is 14.8 Å². The summed E-state index contributed by atoms with van der Waals surface area (Å²) >= 11 is 0. The van der Waals surface area contributed by atoms with Crippen LogP contribution in [0.4, 0.5) is 0 Å². The molecule has 0 bridgehead atoms. The molecule has 18 heavy (non-hydrogen) atoms. The maximum absolute atomic E-state index is 11.1. The van der Waals surface area contributed by atoms with Gasteiger partial charge in [-0.05, 0) is 25.5 Å². The third-order valence-corrected chi connectivity index (χ3v) is 2.81. The first-order valence-corrected chi connectivity index (χ1v) is 5.33. The fourth-order valence-electron chi connectivity index (χ4n) is 2.02. The molecular formula is C12H12N2O4. The number of carboxylic acid groups (broad SMARTS) is 2. The summed E-state index contributed by atoms with van der Waals surface area (Å²) < 4.78 is 1.51. The fraction of sp³-hybridized carbons (Fsp3) is 0.250. The van der Waals surface area contributed by atoms with E-state index in [1.54, 1.807) is 19.9 Å². The zero-order chi connectivity index (χ0) is 13.4. The van der Waals surface area contributed by atoms with Crippen LogP contribution in [0.5, 0.6) is 0 Å². The Balaban J connectivity index is 2.81. The Hall–Kier alpha value is -2.37. The maximum Gasteiger partial charge on any atom is 0.337 e. The van der Waals surface area contributed by atoms with Crippen LogP contribution in [0.2, 0.25) is 0 Å². The zero-order valence-corrected chi connectivity index (χ0v) is 9.97. The molecule has 2 rings (SSSR count). The van der Waals surface area contributed by atoms with Gasteiger partial charge >= 0.3 is 11.9 Å². The Morgan fingerprint density at radius 2 is 1.94 bits per heavy atom. The number of aliphatic carboxylic acids is 1. The van der Waals surface area contributed by atoms with Crippen molar-refractivity contribution < 1.29 is 19.8 Å². The van der Waals surface area contributed by atoms with Crippen LogP contribution < -0.4 is 0 Å². The SMILES string of the molecule is Cc1ccc(C(=O)O)c2nc(C)n(CC(=O)O)c12. The highest BCUT2D eigenvalue weighted by molar-refractivity contribution is 6.02. The summed E-state index contributed by atoms with van der Waals surface area (Å²) in [6, 6.07) is 3.14. The molecule has 1 heterocycles. The van der Waals surface area contributed by atoms with Gasteiger partial charge in [0.15, 0.2) is 0 Å². The summed E-state index contributed by atoms with van der Waals surface area (Å²) in [6.07, 6.45) is 0. The van der Waals surface area contributed by atoms with Gasteiger partial charge in [-0.3, -0.25) is 4.79 Å². The molecule has 6 nitrogen and oxygen atoms in total. The minimum atomic E-state index is -1.07. The molecule has 6 heteroatoms. The van der Waals surface area contributed by atoms with Crippen molar-refractivity contribution in [1.29, 1.82) is 0 Å². The molecule has 2 N–H and O–H groups in total. The largest absolute Gasteiger partial charge is 0.480 e. The van der Waals surface area contributed by atoms with Crippen molar-refractivity contribution in [2.24, 2.45) is 0 Å². The molecule has 0 atom stereocenters. The molecule has 94 valence electrons. The first kappa shape index (κ1) is 12.1. The molecule has 0 aliphatic carbocycles. The smallest absolute Gasteiger partial charge is 0.337 e. The number of benzene rings is 1. The van der Waals surface area contributed by atoms with Crippen LogP contribution in [-0.4, -0.2) is 31.7 Å². The third-order valence-electron chi connectivity index (χ3n) is 2.81. The molecule has 0 radical (unpaired) electrons. The summed E-state index contributed by atoms with van der Waals surface area (Å²) in [5.74, 6) is -1.57. The van der Waals surface area contributed by atoms with Gasteiger partial charge in [-0.25, -0.2) is 9.78 Å². The van der Waals surface area contributed by atoms with Crippen molar-refractivity contribution in [3.63, 3.8) is 0 Å². The second kappa shape index (κ2) is 4.14. The minimum Gasteiger partial charge on any atom is -0.480 e. The molecule has 0 spiro atoms. The average molecular weight is 248 g/mol. The molecule has 1 aromatic heterocycles. The van der Waals surface area contributed by atoms with Crippen molar-refractivity contribution >= 4 is 23.0 Å². The Bertz CT molecular complexity index is 658. The van der Waals surface area contributed by atoms with Crippen molar-refractivity contribution in [1.82, 2.24) is 9.55 Å². The number of fused-ring (bicyclic) bond motifs is 1. The molecule has 0 amide bonds. The number of rotatable bonds is 3. The van der Waals surface area contributed by atoms with Gasteiger partial charge in [0.05, 0.1) is 11.1 Å². The van der Waals surface area contributed by atoms with Crippen LogP contribution in [-0.2, 0) is 11.3 Å². The Kier molecular flexibility index (Phi) is 2.78. The van der Waals surface area contributed by atoms with E-state index in [2.05, 4.69) is 4.98 Å². The third kappa shape index (κ3) is 1.81. The standard InChI is InChI=1S/C12H12N2O4/c1-6-3-4-8(12(17)18)10-11(6)14(5-9(15)16)7(2)13-10/h3-4H,5H2,1-2H3,(H,15,16)(H,17,18). The highest BCUT2D eigenvalue weighted by Crippen LogP contribution is 2.23. The van der Waals surface area contributed by atoms with E-state index in [-0.39, 0.29) is 12.1 Å². The highest BCUT2D eigenvalue weighted by atomic mass is 16.4. The van der Waals surface area contributed by atoms with Gasteiger partial charge in [0.1, 0.15) is 17.9 Å². The summed E-state index contributed by atoms with van der Waals surface area (Å²) in [5, 5.41) is 18.0. The number of hydrogen-bond acceptors (Lipinski definition) is 3. The van der Waals surface area contributed by atoms with E-state index in [0.717, 1.165) is 5.56 Å². The van der Waals surface area contributed by atoms with E-state index in [0.29, 0.717) is 16.9 Å². The fourth-order valence-corrected chi connectivity index (χ4v) is 2.02. The van der Waals surface area contributed by atoms with Gasteiger partial charge in [0, 0.05) is 0 Å². The van der Waals surface area contributed by atoms with Gasteiger partial charge in [0.25, 0.3) is 0 Å². The number of hydrogen-bond donors (Lipinski definition) is 2. The summed E-state index contributed by atoms with van der Waals surface area (Å²) in [7, 11) is 0. The topological polar surface area (TPSA) is 92.4 Å². The van der Waals surface area contributed by atoms with E-state index < -0.39 is 11.9 Å². The molecule has 0 aliphatic heterocycles. The minimum absolute atomic E-state index is 0.0860. The molecule has 0 aliphatic rings. The second-order valence-electron chi connectivity index (χ2n) is 4.07. The zero-order valence-electron chi connectivity index (χ0n) is 9.97. The Morgan fingerprint density at radius 1 is 1.28 bits per heavy atom. The number of imidazole rings is 1. The number of aromatic nitrogens is 2. The van der Waals surface area contributed by atoms with Crippen molar-refractivity contribution in [3.8, 4) is 0 Å². The number of nitrogens with zero attached hydrogens (tertiary/aromatic N) is 2. The number of carbonyl (C=O) groups is 2. The Morgan fingerprint density at radius 3 is 2.50 bits per heavy atom. The van der Waals surface area contributed by atoms with Crippen LogP contribution in [0.15, 0.2) is 12.1 Å². The quantitative estimate of drug-likeness (QED) is 0.857. The molecule has 1 aromatic carbocycles. The highest BCUT2D eigenvalue weighted by Gasteiger charge is 2.18. The monoisotopic (exact) mass is 248 g/mol. The van der Waals surface area contributed by atoms with Crippen LogP contribution >= 0.6 is 0 Å². The van der Waals surface area contributed by atoms with Crippen molar-refractivity contribution in [2.75, 3.05) is 0 Å². The molecule has 0 unspecified atom stereocenters. The number of aryl methyl sites for hydroxylation is 2. The number of carboxylic acids is 2. The van der Waals surface area contributed by atoms with E-state index in [1.165, 1.54) is 10.6 Å². The molecule has 0 saturated heterocycles. The summed E-state index contributed by atoms with van der Waals surface area (Å²) in [6.45, 7) is 3.23. The van der Waals surface area contributed by atoms with E-state index in [9.17, 15) is 9.59 Å². The van der Waals surface area contributed by atoms with Crippen LogP contribution in [0.25, 0.3) is 11.0 Å². The lowest BCUT2D eigenvalue weighted by molar-refractivity contribution is -0.137. The van der Waals surface area contributed by atoms with Gasteiger partial charge in [-0.15, -0.1) is 0 Å². The van der Waals surface area contributed by atoms with Crippen LogP contribution in [0.3, 0.4) is 0 Å². The van der Waals surface area contributed by atoms with Gasteiger partial charge in [0.2, 0.25) is 0 Å². The maximum atomic E-state index is 11.1. The van der Waals surface area contributed by atoms with E-state index >= 15 is 0 Å². The molecular weight excluding hydrogens is 236 g/mol. The first-order chi connectivity index (χ1) is 8.41. The summed E-state index contributed by atoms with van der Waals surface area (Å²) in [4.78, 5) is 26.1. The first-order valence-electron chi connectivity index (χ1n) is 5.33. The predicted octanol–water partition coefficient (Wildman–Crippen LogP) is 1.44. The van der Waals surface area contributed by atoms with E-state index in [1.807, 2.05) is 0 Å². The lowest BCUT2D eigenvalue weighted by Gasteiger charge is -2.05. The Labute approximate surface area is 102 Å². The normalized spacial score (nSPS) is 10.8. The lowest BCUT2D eigenvalue weighted by Crippen LogP contribution is -2.10. The molecule has 0 fully saturated rings. The number of aromatic carboxylic acids is 1. The van der Waals surface area contributed by atoms with E-state index in [4.69, 9.17) is 10.2 Å². The summed E-state index contributed by atoms with van der Waals surface area (Å²) in [5.41, 5.74) is 1.79.